The van der Waals surface area contributed by atoms with E-state index in [1.807, 2.05) is 12.1 Å². The zero-order chi connectivity index (χ0) is 17.3. The van der Waals surface area contributed by atoms with Crippen LogP contribution in [0.2, 0.25) is 5.02 Å². The highest BCUT2D eigenvalue weighted by Gasteiger charge is 2.13. The molecule has 0 bridgehead atoms. The van der Waals surface area contributed by atoms with E-state index in [-0.39, 0.29) is 11.5 Å². The predicted octanol–water partition coefficient (Wildman–Crippen LogP) is 2.99. The van der Waals surface area contributed by atoms with Crippen molar-refractivity contribution < 1.29 is 4.79 Å². The summed E-state index contributed by atoms with van der Waals surface area (Å²) in [5.74, 6) is 0.0791. The number of rotatable bonds is 3. The molecule has 2 aromatic heterocycles. The summed E-state index contributed by atoms with van der Waals surface area (Å²) in [6.07, 6.45) is 1.51. The third kappa shape index (κ3) is 3.23. The van der Waals surface area contributed by atoms with Gasteiger partial charge in [-0.15, -0.1) is 0 Å². The van der Waals surface area contributed by atoms with Gasteiger partial charge in [0.05, 0.1) is 11.3 Å². The number of halogens is 1. The number of hydrogen-bond acceptors (Lipinski definition) is 3. The Balaban J connectivity index is 1.82. The third-order valence-electron chi connectivity index (χ3n) is 3.65. The fourth-order valence-corrected chi connectivity index (χ4v) is 2.43. The Bertz CT molecular complexity index is 957. The Hall–Kier alpha value is -2.86. The molecule has 1 aromatic carbocycles. The highest BCUT2D eigenvalue weighted by molar-refractivity contribution is 6.30. The summed E-state index contributed by atoms with van der Waals surface area (Å²) in [7, 11) is 1.60. The van der Waals surface area contributed by atoms with Crippen LogP contribution in [0.5, 0.6) is 0 Å². The van der Waals surface area contributed by atoms with Gasteiger partial charge in [0.1, 0.15) is 0 Å². The van der Waals surface area contributed by atoms with Gasteiger partial charge in [0.2, 0.25) is 0 Å². The molecule has 0 saturated carbocycles. The number of nitrogens with zero attached hydrogens (tertiary/aromatic N) is 2. The van der Waals surface area contributed by atoms with Crippen molar-refractivity contribution in [3.63, 3.8) is 0 Å². The molecule has 0 atom stereocenters. The van der Waals surface area contributed by atoms with E-state index >= 15 is 0 Å². The molecule has 0 saturated heterocycles. The molecule has 2 N–H and O–H groups in total. The average Bonchev–Trinajstić information content (AvgIpc) is 3.00. The van der Waals surface area contributed by atoms with E-state index in [4.69, 9.17) is 11.6 Å². The molecule has 7 heteroatoms. The number of carbonyl (C=O) groups excluding carboxylic acids is 1. The number of benzene rings is 1. The van der Waals surface area contributed by atoms with E-state index in [9.17, 15) is 9.59 Å². The molecule has 24 heavy (non-hydrogen) atoms. The van der Waals surface area contributed by atoms with E-state index in [2.05, 4.69) is 15.5 Å². The van der Waals surface area contributed by atoms with Gasteiger partial charge in [0.15, 0.2) is 5.82 Å². The third-order valence-corrected chi connectivity index (χ3v) is 3.91. The van der Waals surface area contributed by atoms with E-state index < -0.39 is 0 Å². The second-order valence-electron chi connectivity index (χ2n) is 5.45. The lowest BCUT2D eigenvalue weighted by molar-refractivity contribution is 0.102. The zero-order valence-electron chi connectivity index (χ0n) is 13.1. The molecule has 0 aliphatic rings. The van der Waals surface area contributed by atoms with Gasteiger partial charge in [0.25, 0.3) is 11.5 Å². The first-order valence-corrected chi connectivity index (χ1v) is 7.62. The summed E-state index contributed by atoms with van der Waals surface area (Å²) in [5, 5.41) is 10.3. The molecule has 0 aliphatic carbocycles. The van der Waals surface area contributed by atoms with Crippen molar-refractivity contribution in [2.45, 2.75) is 6.92 Å². The first-order chi connectivity index (χ1) is 11.4. The Morgan fingerprint density at radius 2 is 1.96 bits per heavy atom. The standard InChI is InChI=1S/C17H15ClN4O2/c1-10-7-16(23)22(2)9-13(10)17(24)19-15-8-14(20-21-15)11-3-5-12(18)6-4-11/h3-9H,1-2H3,(H2,19,20,21,24). The highest BCUT2D eigenvalue weighted by Crippen LogP contribution is 2.22. The van der Waals surface area contributed by atoms with Gasteiger partial charge >= 0.3 is 0 Å². The smallest absolute Gasteiger partial charge is 0.258 e. The summed E-state index contributed by atoms with van der Waals surface area (Å²) < 4.78 is 1.37. The SMILES string of the molecule is Cc1cc(=O)n(C)cc1C(=O)Nc1cc(-c2ccc(Cl)cc2)[nH]n1. The van der Waals surface area contributed by atoms with Gasteiger partial charge in [-0.2, -0.15) is 5.10 Å². The number of pyridine rings is 1. The molecule has 2 heterocycles. The maximum atomic E-state index is 12.4. The number of carbonyl (C=O) groups is 1. The molecule has 3 rings (SSSR count). The maximum Gasteiger partial charge on any atom is 0.258 e. The van der Waals surface area contributed by atoms with Crippen molar-refractivity contribution in [3.05, 3.63) is 69.1 Å². The normalized spacial score (nSPS) is 10.6. The molecule has 0 spiro atoms. The van der Waals surface area contributed by atoms with Gasteiger partial charge in [-0.1, -0.05) is 23.7 Å². The van der Waals surface area contributed by atoms with E-state index in [0.717, 1.165) is 11.3 Å². The molecule has 6 nitrogen and oxygen atoms in total. The number of hydrogen-bond donors (Lipinski definition) is 2. The van der Waals surface area contributed by atoms with Crippen LogP contribution < -0.4 is 10.9 Å². The minimum atomic E-state index is -0.322. The van der Waals surface area contributed by atoms with Gasteiger partial charge in [-0.05, 0) is 30.2 Å². The van der Waals surface area contributed by atoms with Gasteiger partial charge in [0, 0.05) is 30.4 Å². The van der Waals surface area contributed by atoms with Gasteiger partial charge < -0.3 is 9.88 Å². The summed E-state index contributed by atoms with van der Waals surface area (Å²) in [5.41, 5.74) is 2.55. The lowest BCUT2D eigenvalue weighted by Gasteiger charge is -2.07. The molecular formula is C17H15ClN4O2. The van der Waals surface area contributed by atoms with Crippen LogP contribution in [-0.2, 0) is 7.05 Å². The number of anilines is 1. The van der Waals surface area contributed by atoms with Crippen molar-refractivity contribution in [2.75, 3.05) is 5.32 Å². The first-order valence-electron chi connectivity index (χ1n) is 7.24. The van der Waals surface area contributed by atoms with Crippen LogP contribution in [0.15, 0.2) is 47.4 Å². The zero-order valence-corrected chi connectivity index (χ0v) is 13.9. The second kappa shape index (κ2) is 6.33. The molecule has 3 aromatic rings. The molecular weight excluding hydrogens is 328 g/mol. The van der Waals surface area contributed by atoms with Crippen LogP contribution in [0, 0.1) is 6.92 Å². The van der Waals surface area contributed by atoms with Crippen LogP contribution in [-0.4, -0.2) is 20.7 Å². The molecule has 0 unspecified atom stereocenters. The van der Waals surface area contributed by atoms with Crippen molar-refractivity contribution >= 4 is 23.3 Å². The molecule has 0 radical (unpaired) electrons. The fourth-order valence-electron chi connectivity index (χ4n) is 2.31. The van der Waals surface area contributed by atoms with Crippen molar-refractivity contribution in [1.82, 2.24) is 14.8 Å². The highest BCUT2D eigenvalue weighted by atomic mass is 35.5. The minimum Gasteiger partial charge on any atom is -0.318 e. The number of aromatic amines is 1. The minimum absolute atomic E-state index is 0.158. The fraction of sp³-hybridized carbons (Fsp3) is 0.118. The topological polar surface area (TPSA) is 79.8 Å². The average molecular weight is 343 g/mol. The molecule has 0 fully saturated rings. The molecule has 1 amide bonds. The molecule has 122 valence electrons. The van der Waals surface area contributed by atoms with Crippen LogP contribution in [0.25, 0.3) is 11.3 Å². The van der Waals surface area contributed by atoms with E-state index in [1.165, 1.54) is 16.8 Å². The van der Waals surface area contributed by atoms with E-state index in [1.54, 1.807) is 32.2 Å². The number of H-pyrrole nitrogens is 1. The first kappa shape index (κ1) is 16.0. The summed E-state index contributed by atoms with van der Waals surface area (Å²) in [4.78, 5) is 24.0. The Morgan fingerprint density at radius 1 is 1.25 bits per heavy atom. The Morgan fingerprint density at radius 3 is 2.67 bits per heavy atom. The number of aryl methyl sites for hydroxylation is 2. The number of nitrogens with one attached hydrogen (secondary N) is 2. The molecule has 0 aliphatic heterocycles. The van der Waals surface area contributed by atoms with E-state index in [0.29, 0.717) is 22.0 Å². The number of aromatic nitrogens is 3. The summed E-state index contributed by atoms with van der Waals surface area (Å²) >= 11 is 5.87. The number of amides is 1. The monoisotopic (exact) mass is 342 g/mol. The van der Waals surface area contributed by atoms with Crippen LogP contribution >= 0.6 is 11.6 Å². The van der Waals surface area contributed by atoms with Gasteiger partial charge in [-0.3, -0.25) is 14.7 Å². The largest absolute Gasteiger partial charge is 0.318 e. The van der Waals surface area contributed by atoms with Crippen molar-refractivity contribution in [1.29, 1.82) is 0 Å². The van der Waals surface area contributed by atoms with Crippen molar-refractivity contribution in [2.24, 2.45) is 7.05 Å². The van der Waals surface area contributed by atoms with Crippen LogP contribution in [0.3, 0.4) is 0 Å². The lowest BCUT2D eigenvalue weighted by Crippen LogP contribution is -2.21. The summed E-state index contributed by atoms with van der Waals surface area (Å²) in [6.45, 7) is 1.72. The second-order valence-corrected chi connectivity index (χ2v) is 5.88. The maximum absolute atomic E-state index is 12.4. The van der Waals surface area contributed by atoms with Crippen LogP contribution in [0.1, 0.15) is 15.9 Å². The van der Waals surface area contributed by atoms with Crippen LogP contribution in [0.4, 0.5) is 5.82 Å². The van der Waals surface area contributed by atoms with Crippen molar-refractivity contribution in [3.8, 4) is 11.3 Å². The van der Waals surface area contributed by atoms with Gasteiger partial charge in [-0.25, -0.2) is 0 Å². The summed E-state index contributed by atoms with van der Waals surface area (Å²) in [6, 6.07) is 10.4. The Kier molecular flexibility index (Phi) is 4.22. The Labute approximate surface area is 143 Å². The lowest BCUT2D eigenvalue weighted by atomic mass is 10.1. The predicted molar refractivity (Wildman–Crippen MR) is 93.4 cm³/mol. The quantitative estimate of drug-likeness (QED) is 0.768.